The van der Waals surface area contributed by atoms with Gasteiger partial charge >= 0.3 is 0 Å². The number of carbonyl (C=O) groups is 1. The van der Waals surface area contributed by atoms with Crippen molar-refractivity contribution in [1.29, 1.82) is 0 Å². The number of halogens is 2. The van der Waals surface area contributed by atoms with Crippen molar-refractivity contribution in [1.82, 2.24) is 0 Å². The van der Waals surface area contributed by atoms with E-state index in [4.69, 9.17) is 16.0 Å². The van der Waals surface area contributed by atoms with Gasteiger partial charge in [0.2, 0.25) is 0 Å². The Morgan fingerprint density at radius 3 is 2.82 bits per heavy atom. The molecule has 1 aromatic carbocycles. The van der Waals surface area contributed by atoms with Crippen LogP contribution < -0.4 is 0 Å². The lowest BCUT2D eigenvalue weighted by Gasteiger charge is -2.00. The van der Waals surface area contributed by atoms with Crippen molar-refractivity contribution in [3.63, 3.8) is 0 Å². The minimum atomic E-state index is -0.431. The van der Waals surface area contributed by atoms with Gasteiger partial charge in [0.1, 0.15) is 11.6 Å². The van der Waals surface area contributed by atoms with E-state index < -0.39 is 5.82 Å². The van der Waals surface area contributed by atoms with Crippen molar-refractivity contribution >= 4 is 17.4 Å². The number of Topliss-reactive ketones (excluding diaryl/α,β-unsaturated/α-hetero) is 1. The quantitative estimate of drug-likeness (QED) is 0.761. The Labute approximate surface area is 103 Å². The van der Waals surface area contributed by atoms with E-state index in [9.17, 15) is 9.18 Å². The fraction of sp³-hybridized carbons (Fsp3) is 0.154. The molecule has 0 bridgehead atoms. The van der Waals surface area contributed by atoms with E-state index in [2.05, 4.69) is 0 Å². The van der Waals surface area contributed by atoms with Crippen LogP contribution in [0.1, 0.15) is 23.9 Å². The predicted molar refractivity (Wildman–Crippen MR) is 63.7 cm³/mol. The molecule has 17 heavy (non-hydrogen) atoms. The molecule has 2 nitrogen and oxygen atoms in total. The standard InChI is InChI=1S/C13H10ClFO2/c1-2-11(16)13-6-5-12(17-13)9-7-8(14)3-4-10(9)15/h3-7H,2H2,1H3. The van der Waals surface area contributed by atoms with Gasteiger partial charge in [0, 0.05) is 11.4 Å². The van der Waals surface area contributed by atoms with Crippen LogP contribution in [0.2, 0.25) is 5.02 Å². The monoisotopic (exact) mass is 252 g/mol. The van der Waals surface area contributed by atoms with Crippen LogP contribution in [-0.4, -0.2) is 5.78 Å². The lowest BCUT2D eigenvalue weighted by molar-refractivity contribution is 0.0962. The average Bonchev–Trinajstić information content (AvgIpc) is 2.80. The van der Waals surface area contributed by atoms with Gasteiger partial charge < -0.3 is 4.42 Å². The largest absolute Gasteiger partial charge is 0.453 e. The number of furan rings is 1. The molecular weight excluding hydrogens is 243 g/mol. The maximum absolute atomic E-state index is 13.5. The van der Waals surface area contributed by atoms with Crippen LogP contribution in [0.4, 0.5) is 4.39 Å². The first-order valence-electron chi connectivity index (χ1n) is 5.20. The highest BCUT2D eigenvalue weighted by Gasteiger charge is 2.13. The Balaban J connectivity index is 2.43. The topological polar surface area (TPSA) is 30.2 Å². The lowest BCUT2D eigenvalue weighted by atomic mass is 10.1. The Hall–Kier alpha value is -1.61. The van der Waals surface area contributed by atoms with E-state index in [0.717, 1.165) is 0 Å². The summed E-state index contributed by atoms with van der Waals surface area (Å²) in [6.45, 7) is 1.74. The van der Waals surface area contributed by atoms with E-state index in [1.165, 1.54) is 18.2 Å². The number of rotatable bonds is 3. The van der Waals surface area contributed by atoms with Crippen LogP contribution in [0.25, 0.3) is 11.3 Å². The number of hydrogen-bond acceptors (Lipinski definition) is 2. The summed E-state index contributed by atoms with van der Waals surface area (Å²) in [5.41, 5.74) is 0.257. The van der Waals surface area contributed by atoms with E-state index in [1.807, 2.05) is 0 Å². The van der Waals surface area contributed by atoms with Gasteiger partial charge in [0.05, 0.1) is 5.56 Å². The summed E-state index contributed by atoms with van der Waals surface area (Å²) in [7, 11) is 0. The summed E-state index contributed by atoms with van der Waals surface area (Å²) in [6.07, 6.45) is 0.352. The summed E-state index contributed by atoms with van der Waals surface area (Å²) in [5.74, 6) is 0.00149. The molecule has 0 aliphatic rings. The second-order valence-electron chi connectivity index (χ2n) is 3.56. The summed E-state index contributed by atoms with van der Waals surface area (Å²) >= 11 is 5.79. The van der Waals surface area contributed by atoms with Gasteiger partial charge in [0.15, 0.2) is 11.5 Å². The Morgan fingerprint density at radius 2 is 2.12 bits per heavy atom. The van der Waals surface area contributed by atoms with Gasteiger partial charge in [-0.1, -0.05) is 18.5 Å². The summed E-state index contributed by atoms with van der Waals surface area (Å²) in [4.78, 5) is 11.4. The van der Waals surface area contributed by atoms with Crippen molar-refractivity contribution < 1.29 is 13.6 Å². The summed E-state index contributed by atoms with van der Waals surface area (Å²) < 4.78 is 18.9. The second-order valence-corrected chi connectivity index (χ2v) is 4.00. The molecule has 0 amide bonds. The first kappa shape index (κ1) is 11.9. The molecular formula is C13H10ClFO2. The molecule has 0 atom stereocenters. The normalized spacial score (nSPS) is 10.5. The highest BCUT2D eigenvalue weighted by Crippen LogP contribution is 2.28. The fourth-order valence-corrected chi connectivity index (χ4v) is 1.67. The van der Waals surface area contributed by atoms with E-state index in [-0.39, 0.29) is 17.1 Å². The molecule has 0 aliphatic carbocycles. The minimum Gasteiger partial charge on any atom is -0.453 e. The maximum atomic E-state index is 13.5. The van der Waals surface area contributed by atoms with E-state index in [0.29, 0.717) is 17.2 Å². The molecule has 0 radical (unpaired) electrons. The molecule has 1 aromatic heterocycles. The van der Waals surface area contributed by atoms with Crippen molar-refractivity contribution in [2.24, 2.45) is 0 Å². The SMILES string of the molecule is CCC(=O)c1ccc(-c2cc(Cl)ccc2F)o1. The number of ketones is 1. The molecule has 2 rings (SSSR count). The smallest absolute Gasteiger partial charge is 0.197 e. The molecule has 0 saturated heterocycles. The average molecular weight is 253 g/mol. The van der Waals surface area contributed by atoms with Crippen LogP contribution in [0, 0.1) is 5.82 Å². The highest BCUT2D eigenvalue weighted by atomic mass is 35.5. The Kier molecular flexibility index (Phi) is 3.29. The number of benzene rings is 1. The molecule has 0 saturated carbocycles. The van der Waals surface area contributed by atoms with Crippen molar-refractivity contribution in [2.45, 2.75) is 13.3 Å². The first-order chi connectivity index (χ1) is 8.11. The van der Waals surface area contributed by atoms with Crippen molar-refractivity contribution in [3.8, 4) is 11.3 Å². The molecule has 0 fully saturated rings. The van der Waals surface area contributed by atoms with Gasteiger partial charge in [-0.2, -0.15) is 0 Å². The van der Waals surface area contributed by atoms with Gasteiger partial charge in [-0.05, 0) is 30.3 Å². The van der Waals surface area contributed by atoms with Crippen LogP contribution >= 0.6 is 11.6 Å². The van der Waals surface area contributed by atoms with Crippen molar-refractivity contribution in [3.05, 3.63) is 46.9 Å². The summed E-state index contributed by atoms with van der Waals surface area (Å²) in [6, 6.07) is 7.30. The lowest BCUT2D eigenvalue weighted by Crippen LogP contribution is -1.92. The van der Waals surface area contributed by atoms with Crippen LogP contribution in [-0.2, 0) is 0 Å². The molecule has 88 valence electrons. The third kappa shape index (κ3) is 2.39. The fourth-order valence-electron chi connectivity index (χ4n) is 1.49. The summed E-state index contributed by atoms with van der Waals surface area (Å²) in [5, 5.41) is 0.418. The second kappa shape index (κ2) is 4.72. The first-order valence-corrected chi connectivity index (χ1v) is 5.58. The molecule has 0 N–H and O–H groups in total. The van der Waals surface area contributed by atoms with Crippen LogP contribution in [0.15, 0.2) is 34.7 Å². The number of carbonyl (C=O) groups excluding carboxylic acids is 1. The van der Waals surface area contributed by atoms with E-state index in [1.54, 1.807) is 19.1 Å². The Bertz CT molecular complexity index is 560. The van der Waals surface area contributed by atoms with Gasteiger partial charge in [-0.25, -0.2) is 4.39 Å². The van der Waals surface area contributed by atoms with Gasteiger partial charge in [0.25, 0.3) is 0 Å². The zero-order valence-corrected chi connectivity index (χ0v) is 9.92. The Morgan fingerprint density at radius 1 is 1.35 bits per heavy atom. The number of hydrogen-bond donors (Lipinski definition) is 0. The molecule has 0 spiro atoms. The molecule has 0 unspecified atom stereocenters. The molecule has 1 heterocycles. The third-order valence-corrected chi connectivity index (χ3v) is 2.63. The van der Waals surface area contributed by atoms with E-state index >= 15 is 0 Å². The van der Waals surface area contributed by atoms with Crippen LogP contribution in [0.5, 0.6) is 0 Å². The van der Waals surface area contributed by atoms with Crippen molar-refractivity contribution in [2.75, 3.05) is 0 Å². The molecule has 4 heteroatoms. The zero-order valence-electron chi connectivity index (χ0n) is 9.17. The van der Waals surface area contributed by atoms with Crippen LogP contribution in [0.3, 0.4) is 0 Å². The third-order valence-electron chi connectivity index (χ3n) is 2.40. The van der Waals surface area contributed by atoms with Gasteiger partial charge in [-0.3, -0.25) is 4.79 Å². The predicted octanol–water partition coefficient (Wildman–Crippen LogP) is 4.33. The zero-order chi connectivity index (χ0) is 12.4. The molecule has 0 aliphatic heterocycles. The maximum Gasteiger partial charge on any atom is 0.197 e. The minimum absolute atomic E-state index is 0.112. The van der Waals surface area contributed by atoms with Gasteiger partial charge in [-0.15, -0.1) is 0 Å². The molecule has 2 aromatic rings. The highest BCUT2D eigenvalue weighted by molar-refractivity contribution is 6.30.